The van der Waals surface area contributed by atoms with E-state index in [9.17, 15) is 18.0 Å². The van der Waals surface area contributed by atoms with Gasteiger partial charge in [0.1, 0.15) is 0 Å². The summed E-state index contributed by atoms with van der Waals surface area (Å²) in [4.78, 5) is 14.1. The Kier molecular flexibility index (Phi) is 6.08. The molecule has 5 nitrogen and oxygen atoms in total. The first kappa shape index (κ1) is 20.1. The highest BCUT2D eigenvalue weighted by Crippen LogP contribution is 2.29. The van der Waals surface area contributed by atoms with Gasteiger partial charge in [0.25, 0.3) is 0 Å². The van der Waals surface area contributed by atoms with Gasteiger partial charge < -0.3 is 20.3 Å². The lowest BCUT2D eigenvalue weighted by atomic mass is 9.93. The van der Waals surface area contributed by atoms with E-state index in [4.69, 9.17) is 4.74 Å². The van der Waals surface area contributed by atoms with Gasteiger partial charge in [-0.1, -0.05) is 12.1 Å². The Morgan fingerprint density at radius 3 is 2.78 bits per heavy atom. The number of alkyl halides is 3. The molecule has 1 aromatic carbocycles. The number of nitrogens with one attached hydrogen (secondary N) is 2. The molecule has 2 saturated heterocycles. The van der Waals surface area contributed by atoms with Gasteiger partial charge in [0.05, 0.1) is 30.9 Å². The molecule has 150 valence electrons. The standard InChI is InChI=1S/C19H26F3N3O2/c1-14(2-3-15-4-6-16(7-5-15)19(20,21)22)24-12-18-11-23-10-17(26)25(18)8-9-27-13-18/h4-7,14,23-24H,2-3,8-13H2,1H3. The van der Waals surface area contributed by atoms with Crippen molar-refractivity contribution in [2.45, 2.75) is 37.5 Å². The number of halogens is 3. The van der Waals surface area contributed by atoms with Crippen LogP contribution in [-0.4, -0.2) is 61.8 Å². The van der Waals surface area contributed by atoms with Gasteiger partial charge in [-0.05, 0) is 37.5 Å². The Bertz CT molecular complexity index is 647. The summed E-state index contributed by atoms with van der Waals surface area (Å²) in [5.41, 5.74) is -0.105. The summed E-state index contributed by atoms with van der Waals surface area (Å²) < 4.78 is 43.5. The largest absolute Gasteiger partial charge is 0.416 e. The zero-order chi connectivity index (χ0) is 19.5. The van der Waals surface area contributed by atoms with Gasteiger partial charge in [-0.15, -0.1) is 0 Å². The van der Waals surface area contributed by atoms with Crippen LogP contribution >= 0.6 is 0 Å². The fourth-order valence-electron chi connectivity index (χ4n) is 3.69. The first-order chi connectivity index (χ1) is 12.8. The van der Waals surface area contributed by atoms with Crippen LogP contribution in [0.1, 0.15) is 24.5 Å². The van der Waals surface area contributed by atoms with Gasteiger partial charge in [0.2, 0.25) is 5.91 Å². The van der Waals surface area contributed by atoms with Crippen LogP contribution in [0.4, 0.5) is 13.2 Å². The molecular formula is C19H26F3N3O2. The lowest BCUT2D eigenvalue weighted by Crippen LogP contribution is -2.72. The van der Waals surface area contributed by atoms with Crippen LogP contribution in [0.5, 0.6) is 0 Å². The summed E-state index contributed by atoms with van der Waals surface area (Å²) in [7, 11) is 0. The highest BCUT2D eigenvalue weighted by Gasteiger charge is 2.44. The number of carbonyl (C=O) groups excluding carboxylic acids is 1. The summed E-state index contributed by atoms with van der Waals surface area (Å²) in [6, 6.07) is 5.50. The number of amides is 1. The van der Waals surface area contributed by atoms with E-state index in [-0.39, 0.29) is 17.5 Å². The zero-order valence-corrected chi connectivity index (χ0v) is 15.4. The minimum Gasteiger partial charge on any atom is -0.377 e. The molecule has 0 aliphatic carbocycles. The lowest BCUT2D eigenvalue weighted by Gasteiger charge is -2.50. The maximum Gasteiger partial charge on any atom is 0.416 e. The van der Waals surface area contributed by atoms with Crippen LogP contribution in [0, 0.1) is 0 Å². The van der Waals surface area contributed by atoms with E-state index < -0.39 is 11.7 Å². The minimum atomic E-state index is -4.30. The number of nitrogens with zero attached hydrogens (tertiary/aromatic N) is 1. The van der Waals surface area contributed by atoms with Crippen molar-refractivity contribution in [2.24, 2.45) is 0 Å². The van der Waals surface area contributed by atoms with E-state index >= 15 is 0 Å². The molecule has 0 spiro atoms. The SMILES string of the molecule is CC(CCc1ccc(C(F)(F)F)cc1)NCC12CNCC(=O)N1CCOC2. The van der Waals surface area contributed by atoms with Crippen LogP contribution in [-0.2, 0) is 22.1 Å². The maximum atomic E-state index is 12.6. The molecule has 0 bridgehead atoms. The molecule has 3 rings (SSSR count). The summed E-state index contributed by atoms with van der Waals surface area (Å²) >= 11 is 0. The maximum absolute atomic E-state index is 12.6. The highest BCUT2D eigenvalue weighted by molar-refractivity contribution is 5.80. The predicted octanol–water partition coefficient (Wildman–Crippen LogP) is 1.82. The second-order valence-electron chi connectivity index (χ2n) is 7.44. The average Bonchev–Trinajstić information content (AvgIpc) is 2.65. The van der Waals surface area contributed by atoms with Crippen molar-refractivity contribution >= 4 is 5.91 Å². The topological polar surface area (TPSA) is 53.6 Å². The normalized spacial score (nSPS) is 24.6. The van der Waals surface area contributed by atoms with Crippen molar-refractivity contribution in [2.75, 3.05) is 39.4 Å². The molecule has 0 radical (unpaired) electrons. The molecule has 8 heteroatoms. The Hall–Kier alpha value is -1.64. The van der Waals surface area contributed by atoms with E-state index in [0.717, 1.165) is 24.1 Å². The number of benzene rings is 1. The molecule has 2 aliphatic rings. The number of morpholine rings is 1. The number of piperazine rings is 1. The molecule has 0 aromatic heterocycles. The van der Waals surface area contributed by atoms with Gasteiger partial charge in [0, 0.05) is 25.7 Å². The van der Waals surface area contributed by atoms with Crippen LogP contribution < -0.4 is 10.6 Å². The van der Waals surface area contributed by atoms with Gasteiger partial charge in [-0.2, -0.15) is 13.2 Å². The number of ether oxygens (including phenoxy) is 1. The third-order valence-corrected chi connectivity index (χ3v) is 5.36. The third kappa shape index (κ3) is 4.80. The van der Waals surface area contributed by atoms with E-state index in [2.05, 4.69) is 10.6 Å². The van der Waals surface area contributed by atoms with E-state index in [1.54, 1.807) is 0 Å². The first-order valence-electron chi connectivity index (χ1n) is 9.29. The van der Waals surface area contributed by atoms with Crippen LogP contribution in [0.25, 0.3) is 0 Å². The number of hydrogen-bond donors (Lipinski definition) is 2. The Morgan fingerprint density at radius 1 is 1.33 bits per heavy atom. The molecule has 2 unspecified atom stereocenters. The second-order valence-corrected chi connectivity index (χ2v) is 7.44. The van der Waals surface area contributed by atoms with Crippen LogP contribution in [0.3, 0.4) is 0 Å². The van der Waals surface area contributed by atoms with Crippen molar-refractivity contribution in [3.05, 3.63) is 35.4 Å². The molecule has 0 saturated carbocycles. The van der Waals surface area contributed by atoms with Crippen molar-refractivity contribution in [1.29, 1.82) is 0 Å². The van der Waals surface area contributed by atoms with Crippen molar-refractivity contribution < 1.29 is 22.7 Å². The Balaban J connectivity index is 1.50. The van der Waals surface area contributed by atoms with Crippen LogP contribution in [0.15, 0.2) is 24.3 Å². The summed E-state index contributed by atoms with van der Waals surface area (Å²) in [6.45, 7) is 5.42. The van der Waals surface area contributed by atoms with E-state index in [0.29, 0.717) is 45.8 Å². The number of fused-ring (bicyclic) bond motifs is 1. The number of aryl methyl sites for hydroxylation is 1. The fraction of sp³-hybridized carbons (Fsp3) is 0.632. The third-order valence-electron chi connectivity index (χ3n) is 5.36. The van der Waals surface area contributed by atoms with E-state index in [1.165, 1.54) is 12.1 Å². The zero-order valence-electron chi connectivity index (χ0n) is 15.4. The quantitative estimate of drug-likeness (QED) is 0.785. The molecular weight excluding hydrogens is 359 g/mol. The summed E-state index contributed by atoms with van der Waals surface area (Å²) in [5.74, 6) is 0.101. The first-order valence-corrected chi connectivity index (χ1v) is 9.29. The Morgan fingerprint density at radius 2 is 2.07 bits per heavy atom. The monoisotopic (exact) mass is 385 g/mol. The summed E-state index contributed by atoms with van der Waals surface area (Å²) in [5, 5.41) is 6.65. The van der Waals surface area contributed by atoms with Crippen molar-refractivity contribution in [3.63, 3.8) is 0 Å². The van der Waals surface area contributed by atoms with Gasteiger partial charge in [-0.25, -0.2) is 0 Å². The Labute approximate surface area is 157 Å². The second kappa shape index (κ2) is 8.16. The van der Waals surface area contributed by atoms with Gasteiger partial charge in [0.15, 0.2) is 0 Å². The number of carbonyl (C=O) groups is 1. The number of hydrogen-bond acceptors (Lipinski definition) is 4. The smallest absolute Gasteiger partial charge is 0.377 e. The molecule has 2 N–H and O–H groups in total. The minimum absolute atomic E-state index is 0.101. The van der Waals surface area contributed by atoms with Crippen LogP contribution in [0.2, 0.25) is 0 Å². The fourth-order valence-corrected chi connectivity index (χ4v) is 3.69. The molecule has 1 aromatic rings. The molecule has 27 heavy (non-hydrogen) atoms. The summed E-state index contributed by atoms with van der Waals surface area (Å²) in [6.07, 6.45) is -2.81. The van der Waals surface area contributed by atoms with Crippen molar-refractivity contribution in [3.8, 4) is 0 Å². The van der Waals surface area contributed by atoms with Gasteiger partial charge >= 0.3 is 6.18 Å². The molecule has 2 atom stereocenters. The van der Waals surface area contributed by atoms with E-state index in [1.807, 2.05) is 11.8 Å². The predicted molar refractivity (Wildman–Crippen MR) is 95.4 cm³/mol. The molecule has 2 fully saturated rings. The molecule has 2 aliphatic heterocycles. The highest BCUT2D eigenvalue weighted by atomic mass is 19.4. The molecule has 2 heterocycles. The lowest BCUT2D eigenvalue weighted by molar-refractivity contribution is -0.153. The average molecular weight is 385 g/mol. The van der Waals surface area contributed by atoms with Gasteiger partial charge in [-0.3, -0.25) is 4.79 Å². The number of rotatable bonds is 6. The van der Waals surface area contributed by atoms with Crippen molar-refractivity contribution in [1.82, 2.24) is 15.5 Å². The molecule has 1 amide bonds.